The van der Waals surface area contributed by atoms with Crippen LogP contribution in [-0.2, 0) is 16.0 Å². The average molecular weight is 364 g/mol. The smallest absolute Gasteiger partial charge is 0.435 e. The highest BCUT2D eigenvalue weighted by Crippen LogP contribution is 2.31. The highest BCUT2D eigenvalue weighted by Gasteiger charge is 2.36. The maximum absolute atomic E-state index is 12.9. The third-order valence-electron chi connectivity index (χ3n) is 2.90. The maximum Gasteiger partial charge on any atom is 0.435 e. The van der Waals surface area contributed by atoms with Crippen molar-refractivity contribution in [1.82, 2.24) is 19.7 Å². The molecule has 0 saturated carbocycles. The molecule has 2 heterocycles. The standard InChI is InChI=1S/C13H15F3N4O3S/c1-3-4-7-23-11-8-9(13(14,15)16)19-20(11)12-17-6-5-10(18-12)24(2,21)22/h5-6,8H,3-4,7H2,1-2H3. The molecule has 0 N–H and O–H groups in total. The van der Waals surface area contributed by atoms with E-state index in [1.165, 1.54) is 0 Å². The van der Waals surface area contributed by atoms with E-state index in [0.717, 1.165) is 35.7 Å². The molecular formula is C13H15F3N4O3S. The van der Waals surface area contributed by atoms with Crippen molar-refractivity contribution in [3.05, 3.63) is 24.0 Å². The van der Waals surface area contributed by atoms with E-state index < -0.39 is 21.7 Å². The van der Waals surface area contributed by atoms with E-state index in [0.29, 0.717) is 6.42 Å². The van der Waals surface area contributed by atoms with Gasteiger partial charge in [0, 0.05) is 18.5 Å². The van der Waals surface area contributed by atoms with Crippen LogP contribution in [0.5, 0.6) is 5.88 Å². The molecule has 132 valence electrons. The number of hydrogen-bond donors (Lipinski definition) is 0. The third-order valence-corrected chi connectivity index (χ3v) is 3.89. The van der Waals surface area contributed by atoms with Gasteiger partial charge >= 0.3 is 6.18 Å². The molecule has 2 aromatic rings. The summed E-state index contributed by atoms with van der Waals surface area (Å²) in [4.78, 5) is 7.54. The maximum atomic E-state index is 12.9. The SMILES string of the molecule is CCCCOc1cc(C(F)(F)F)nn1-c1nccc(S(C)(=O)=O)n1. The Bertz CT molecular complexity index is 818. The van der Waals surface area contributed by atoms with Gasteiger partial charge in [0.2, 0.25) is 5.88 Å². The van der Waals surface area contributed by atoms with Crippen LogP contribution < -0.4 is 4.74 Å². The Labute approximate surface area is 136 Å². The molecule has 0 aliphatic heterocycles. The van der Waals surface area contributed by atoms with Gasteiger partial charge in [-0.1, -0.05) is 13.3 Å². The first-order valence-electron chi connectivity index (χ1n) is 6.96. The van der Waals surface area contributed by atoms with Crippen LogP contribution in [0.2, 0.25) is 0 Å². The molecule has 0 fully saturated rings. The number of alkyl halides is 3. The second kappa shape index (κ2) is 6.75. The lowest BCUT2D eigenvalue weighted by Gasteiger charge is -2.07. The predicted molar refractivity (Wildman–Crippen MR) is 77.7 cm³/mol. The van der Waals surface area contributed by atoms with Gasteiger partial charge in [0.15, 0.2) is 20.6 Å². The van der Waals surface area contributed by atoms with Crippen molar-refractivity contribution in [2.45, 2.75) is 31.0 Å². The molecule has 0 radical (unpaired) electrons. The van der Waals surface area contributed by atoms with Gasteiger partial charge in [0.1, 0.15) is 0 Å². The summed E-state index contributed by atoms with van der Waals surface area (Å²) in [5, 5.41) is 3.08. The van der Waals surface area contributed by atoms with E-state index in [2.05, 4.69) is 15.1 Å². The molecule has 11 heteroatoms. The van der Waals surface area contributed by atoms with E-state index >= 15 is 0 Å². The Morgan fingerprint density at radius 2 is 2.04 bits per heavy atom. The van der Waals surface area contributed by atoms with Gasteiger partial charge in [-0.3, -0.25) is 0 Å². The number of sulfone groups is 1. The lowest BCUT2D eigenvalue weighted by Crippen LogP contribution is -2.12. The summed E-state index contributed by atoms with van der Waals surface area (Å²) in [6.45, 7) is 2.09. The van der Waals surface area contributed by atoms with Crippen molar-refractivity contribution in [1.29, 1.82) is 0 Å². The molecule has 7 nitrogen and oxygen atoms in total. The minimum atomic E-state index is -4.68. The van der Waals surface area contributed by atoms with Gasteiger partial charge < -0.3 is 4.74 Å². The normalized spacial score (nSPS) is 12.4. The second-order valence-corrected chi connectivity index (χ2v) is 6.91. The molecule has 0 aliphatic rings. The number of aromatic nitrogens is 4. The Morgan fingerprint density at radius 1 is 1.33 bits per heavy atom. The molecule has 0 bridgehead atoms. The summed E-state index contributed by atoms with van der Waals surface area (Å²) >= 11 is 0. The van der Waals surface area contributed by atoms with Gasteiger partial charge in [-0.05, 0) is 12.5 Å². The molecule has 0 aromatic carbocycles. The van der Waals surface area contributed by atoms with E-state index in [9.17, 15) is 21.6 Å². The van der Waals surface area contributed by atoms with Crippen molar-refractivity contribution in [2.75, 3.05) is 12.9 Å². The Kier molecular flexibility index (Phi) is 5.11. The first-order chi connectivity index (χ1) is 11.1. The van der Waals surface area contributed by atoms with Crippen molar-refractivity contribution in [3.8, 4) is 11.8 Å². The molecular weight excluding hydrogens is 349 g/mol. The van der Waals surface area contributed by atoms with Crippen molar-refractivity contribution >= 4 is 9.84 Å². The molecule has 0 saturated heterocycles. The van der Waals surface area contributed by atoms with Crippen LogP contribution in [0, 0.1) is 0 Å². The Hall–Kier alpha value is -2.17. The zero-order valence-electron chi connectivity index (χ0n) is 12.9. The quantitative estimate of drug-likeness (QED) is 0.577. The van der Waals surface area contributed by atoms with Gasteiger partial charge in [0.25, 0.3) is 5.95 Å². The number of nitrogens with zero attached hydrogens (tertiary/aromatic N) is 4. The van der Waals surface area contributed by atoms with Crippen molar-refractivity contribution in [3.63, 3.8) is 0 Å². The molecule has 0 amide bonds. The number of unbranched alkanes of at least 4 members (excludes halogenated alkanes) is 1. The zero-order chi connectivity index (χ0) is 18.0. The number of rotatable bonds is 6. The van der Waals surface area contributed by atoms with Gasteiger partial charge in [0.05, 0.1) is 6.61 Å². The summed E-state index contributed by atoms with van der Waals surface area (Å²) in [7, 11) is -3.64. The van der Waals surface area contributed by atoms with E-state index in [1.54, 1.807) is 0 Å². The first-order valence-corrected chi connectivity index (χ1v) is 8.85. The minimum absolute atomic E-state index is 0.186. The largest absolute Gasteiger partial charge is 0.478 e. The molecule has 24 heavy (non-hydrogen) atoms. The van der Waals surface area contributed by atoms with Crippen molar-refractivity contribution in [2.24, 2.45) is 0 Å². The second-order valence-electron chi connectivity index (χ2n) is 4.95. The lowest BCUT2D eigenvalue weighted by molar-refractivity contribution is -0.141. The summed E-state index contributed by atoms with van der Waals surface area (Å²) in [5.74, 6) is -0.527. The number of ether oxygens (including phenoxy) is 1. The molecule has 0 aliphatic carbocycles. The predicted octanol–water partition coefficient (Wildman–Crippen LogP) is 2.26. The molecule has 0 spiro atoms. The van der Waals surface area contributed by atoms with Crippen LogP contribution in [0.4, 0.5) is 13.2 Å². The molecule has 0 atom stereocenters. The topological polar surface area (TPSA) is 87.0 Å². The Balaban J connectivity index is 2.49. The van der Waals surface area contributed by atoms with Crippen LogP contribution in [0.15, 0.2) is 23.4 Å². The summed E-state index contributed by atoms with van der Waals surface area (Å²) in [5.41, 5.74) is -1.18. The van der Waals surface area contributed by atoms with Crippen LogP contribution in [0.3, 0.4) is 0 Å². The lowest BCUT2D eigenvalue weighted by atomic mass is 10.4. The fourth-order valence-electron chi connectivity index (χ4n) is 1.71. The zero-order valence-corrected chi connectivity index (χ0v) is 13.7. The van der Waals surface area contributed by atoms with E-state index in [-0.39, 0.29) is 23.5 Å². The Morgan fingerprint density at radius 3 is 2.62 bits per heavy atom. The number of halogens is 3. The monoisotopic (exact) mass is 364 g/mol. The van der Waals surface area contributed by atoms with Gasteiger partial charge in [-0.25, -0.2) is 13.4 Å². The summed E-state index contributed by atoms with van der Waals surface area (Å²) in [6.07, 6.45) is -1.19. The summed E-state index contributed by atoms with van der Waals surface area (Å²) < 4.78 is 67.8. The average Bonchev–Trinajstić information content (AvgIpc) is 2.91. The van der Waals surface area contributed by atoms with Crippen LogP contribution in [-0.4, -0.2) is 41.0 Å². The van der Waals surface area contributed by atoms with E-state index in [1.807, 2.05) is 6.92 Å². The van der Waals surface area contributed by atoms with Crippen LogP contribution in [0.1, 0.15) is 25.5 Å². The number of hydrogen-bond acceptors (Lipinski definition) is 6. The minimum Gasteiger partial charge on any atom is -0.478 e. The van der Waals surface area contributed by atoms with Gasteiger partial charge in [-0.15, -0.1) is 0 Å². The molecule has 0 unspecified atom stereocenters. The highest BCUT2D eigenvalue weighted by molar-refractivity contribution is 7.90. The highest BCUT2D eigenvalue weighted by atomic mass is 32.2. The first kappa shape index (κ1) is 18.2. The van der Waals surface area contributed by atoms with Crippen LogP contribution in [0.25, 0.3) is 5.95 Å². The fourth-order valence-corrected chi connectivity index (χ4v) is 2.27. The molecule has 2 rings (SSSR count). The van der Waals surface area contributed by atoms with Crippen LogP contribution >= 0.6 is 0 Å². The van der Waals surface area contributed by atoms with Gasteiger partial charge in [-0.2, -0.15) is 27.9 Å². The molecule has 2 aromatic heterocycles. The third kappa shape index (κ3) is 4.22. The van der Waals surface area contributed by atoms with E-state index in [4.69, 9.17) is 4.74 Å². The summed E-state index contributed by atoms with van der Waals surface area (Å²) in [6, 6.07) is 1.87. The fraction of sp³-hybridized carbons (Fsp3) is 0.462. The van der Waals surface area contributed by atoms with Crippen molar-refractivity contribution < 1.29 is 26.3 Å².